The van der Waals surface area contributed by atoms with Gasteiger partial charge in [-0.3, -0.25) is 9.69 Å². The summed E-state index contributed by atoms with van der Waals surface area (Å²) in [5.74, 6) is 0.850. The van der Waals surface area contributed by atoms with Gasteiger partial charge in [0.1, 0.15) is 12.0 Å². The number of piperidine rings is 1. The number of ether oxygens (including phenoxy) is 1. The van der Waals surface area contributed by atoms with Crippen molar-refractivity contribution in [1.82, 2.24) is 4.90 Å². The van der Waals surface area contributed by atoms with Gasteiger partial charge >= 0.3 is 0 Å². The molecule has 1 aromatic rings. The van der Waals surface area contributed by atoms with Crippen LogP contribution < -0.4 is 4.74 Å². The third-order valence-corrected chi connectivity index (χ3v) is 3.96. The number of benzene rings is 1. The molecule has 0 aliphatic carbocycles. The quantitative estimate of drug-likeness (QED) is 0.597. The molecule has 0 saturated carbocycles. The van der Waals surface area contributed by atoms with Crippen LogP contribution in [0.3, 0.4) is 0 Å². The van der Waals surface area contributed by atoms with Gasteiger partial charge in [-0.05, 0) is 51.4 Å². The summed E-state index contributed by atoms with van der Waals surface area (Å²) < 4.78 is 5.66. The van der Waals surface area contributed by atoms with Gasteiger partial charge in [0, 0.05) is 17.7 Å². The molecular weight excluding hydrogens is 266 g/mol. The van der Waals surface area contributed by atoms with Crippen molar-refractivity contribution in [2.24, 2.45) is 0 Å². The smallest absolute Gasteiger partial charge is 0.159 e. The van der Waals surface area contributed by atoms with Crippen molar-refractivity contribution in [1.29, 1.82) is 0 Å². The van der Waals surface area contributed by atoms with Crippen molar-refractivity contribution in [3.63, 3.8) is 0 Å². The number of aldehydes is 1. The van der Waals surface area contributed by atoms with Gasteiger partial charge in [-0.15, -0.1) is 0 Å². The van der Waals surface area contributed by atoms with Gasteiger partial charge in [-0.25, -0.2) is 0 Å². The van der Waals surface area contributed by atoms with Crippen LogP contribution >= 0.6 is 0 Å². The predicted octanol–water partition coefficient (Wildman–Crippen LogP) is 2.84. The molecule has 1 fully saturated rings. The second-order valence-electron chi connectivity index (χ2n) is 5.48. The topological polar surface area (TPSA) is 46.6 Å². The van der Waals surface area contributed by atoms with Crippen LogP contribution in [0, 0.1) is 0 Å². The van der Waals surface area contributed by atoms with E-state index >= 15 is 0 Å². The molecule has 1 aliphatic heterocycles. The molecule has 1 aliphatic rings. The van der Waals surface area contributed by atoms with Gasteiger partial charge in [-0.1, -0.05) is 6.42 Å². The molecule has 4 nitrogen and oxygen atoms in total. The zero-order chi connectivity index (χ0) is 15.2. The third-order valence-electron chi connectivity index (χ3n) is 3.96. The lowest BCUT2D eigenvalue weighted by atomic mass is 10.0. The molecule has 4 heteroatoms. The molecule has 0 bridgehead atoms. The van der Waals surface area contributed by atoms with E-state index in [9.17, 15) is 9.59 Å². The highest BCUT2D eigenvalue weighted by molar-refractivity contribution is 5.94. The molecule has 1 aromatic carbocycles. The largest absolute Gasteiger partial charge is 0.494 e. The van der Waals surface area contributed by atoms with E-state index in [-0.39, 0.29) is 11.8 Å². The van der Waals surface area contributed by atoms with Crippen LogP contribution in [0.15, 0.2) is 18.2 Å². The highest BCUT2D eigenvalue weighted by atomic mass is 16.5. The van der Waals surface area contributed by atoms with Crippen LogP contribution in [0.4, 0.5) is 0 Å². The van der Waals surface area contributed by atoms with Gasteiger partial charge in [-0.2, -0.15) is 0 Å². The van der Waals surface area contributed by atoms with Crippen LogP contribution in [0.25, 0.3) is 0 Å². The minimum Gasteiger partial charge on any atom is -0.494 e. The van der Waals surface area contributed by atoms with Crippen molar-refractivity contribution in [2.75, 3.05) is 13.2 Å². The first kappa shape index (κ1) is 15.7. The summed E-state index contributed by atoms with van der Waals surface area (Å²) in [4.78, 5) is 25.0. The highest BCUT2D eigenvalue weighted by Gasteiger charge is 2.23. The van der Waals surface area contributed by atoms with Crippen LogP contribution in [0.1, 0.15) is 49.0 Å². The van der Waals surface area contributed by atoms with Crippen LogP contribution in [-0.2, 0) is 11.3 Å². The fourth-order valence-electron chi connectivity index (χ4n) is 2.80. The Balaban J connectivity index is 2.24. The number of hydrogen-bond acceptors (Lipinski definition) is 4. The Morgan fingerprint density at radius 2 is 2.24 bits per heavy atom. The Morgan fingerprint density at radius 1 is 1.43 bits per heavy atom. The van der Waals surface area contributed by atoms with E-state index in [2.05, 4.69) is 4.90 Å². The number of rotatable bonds is 6. The molecule has 1 atom stereocenters. The average molecular weight is 289 g/mol. The third kappa shape index (κ3) is 3.91. The number of Topliss-reactive ketones (excluding diaryl/α,β-unsaturated/α-hetero) is 1. The van der Waals surface area contributed by atoms with Crippen molar-refractivity contribution in [3.8, 4) is 5.75 Å². The summed E-state index contributed by atoms with van der Waals surface area (Å²) in [6, 6.07) is 5.53. The molecule has 1 unspecified atom stereocenters. The molecule has 1 heterocycles. The van der Waals surface area contributed by atoms with Crippen molar-refractivity contribution < 1.29 is 14.3 Å². The standard InChI is InChI=1S/C17H23NO3/c1-3-21-17-8-7-14(13(2)20)10-15(17)11-18-9-5-4-6-16(18)12-19/h7-8,10,12,16H,3-6,9,11H2,1-2H3. The fraction of sp³-hybridized carbons (Fsp3) is 0.529. The normalized spacial score (nSPS) is 19.2. The summed E-state index contributed by atoms with van der Waals surface area (Å²) in [6.07, 6.45) is 4.17. The molecule has 0 N–H and O–H groups in total. The lowest BCUT2D eigenvalue weighted by Crippen LogP contribution is -2.40. The van der Waals surface area contributed by atoms with E-state index in [1.165, 1.54) is 0 Å². The Morgan fingerprint density at radius 3 is 2.90 bits per heavy atom. The predicted molar refractivity (Wildman–Crippen MR) is 81.7 cm³/mol. The maximum absolute atomic E-state index is 11.6. The van der Waals surface area contributed by atoms with E-state index in [1.54, 1.807) is 13.0 Å². The van der Waals surface area contributed by atoms with Crippen molar-refractivity contribution in [3.05, 3.63) is 29.3 Å². The number of ketones is 1. The average Bonchev–Trinajstić information content (AvgIpc) is 2.49. The van der Waals surface area contributed by atoms with Crippen LogP contribution in [0.5, 0.6) is 5.75 Å². The number of likely N-dealkylation sites (tertiary alicyclic amines) is 1. The fourth-order valence-corrected chi connectivity index (χ4v) is 2.80. The SMILES string of the molecule is CCOc1ccc(C(C)=O)cc1CN1CCCCC1C=O. The summed E-state index contributed by atoms with van der Waals surface area (Å²) in [5.41, 5.74) is 1.67. The van der Waals surface area contributed by atoms with Crippen molar-refractivity contribution in [2.45, 2.75) is 45.7 Å². The zero-order valence-corrected chi connectivity index (χ0v) is 12.8. The van der Waals surface area contributed by atoms with Gasteiger partial charge < -0.3 is 9.53 Å². The van der Waals surface area contributed by atoms with E-state index in [4.69, 9.17) is 4.74 Å². The highest BCUT2D eigenvalue weighted by Crippen LogP contribution is 2.25. The Kier molecular flexibility index (Phi) is 5.51. The van der Waals surface area contributed by atoms with E-state index < -0.39 is 0 Å². The Labute approximate surface area is 126 Å². The summed E-state index contributed by atoms with van der Waals surface area (Å²) in [5, 5.41) is 0. The zero-order valence-electron chi connectivity index (χ0n) is 12.8. The van der Waals surface area contributed by atoms with Gasteiger partial charge in [0.2, 0.25) is 0 Å². The monoisotopic (exact) mass is 289 g/mol. The molecule has 114 valence electrons. The van der Waals surface area contributed by atoms with Crippen LogP contribution in [-0.4, -0.2) is 36.2 Å². The maximum atomic E-state index is 11.6. The number of carbonyl (C=O) groups is 2. The molecule has 1 saturated heterocycles. The number of carbonyl (C=O) groups excluding carboxylic acids is 2. The summed E-state index contributed by atoms with van der Waals surface area (Å²) in [6.45, 7) is 5.66. The van der Waals surface area contributed by atoms with E-state index in [0.29, 0.717) is 18.7 Å². The van der Waals surface area contributed by atoms with Crippen molar-refractivity contribution >= 4 is 12.1 Å². The van der Waals surface area contributed by atoms with E-state index in [0.717, 1.165) is 43.4 Å². The lowest BCUT2D eigenvalue weighted by molar-refractivity contribution is -0.113. The van der Waals surface area contributed by atoms with Gasteiger partial charge in [0.05, 0.1) is 12.6 Å². The maximum Gasteiger partial charge on any atom is 0.159 e. The molecule has 0 aromatic heterocycles. The molecule has 21 heavy (non-hydrogen) atoms. The Bertz CT molecular complexity index is 513. The van der Waals surface area contributed by atoms with Crippen LogP contribution in [0.2, 0.25) is 0 Å². The lowest BCUT2D eigenvalue weighted by Gasteiger charge is -2.32. The second kappa shape index (κ2) is 7.36. The Hall–Kier alpha value is -1.68. The summed E-state index contributed by atoms with van der Waals surface area (Å²) in [7, 11) is 0. The second-order valence-corrected chi connectivity index (χ2v) is 5.48. The first-order valence-electron chi connectivity index (χ1n) is 7.61. The number of hydrogen-bond donors (Lipinski definition) is 0. The first-order chi connectivity index (χ1) is 10.2. The minimum absolute atomic E-state index is 0.0192. The molecule has 0 spiro atoms. The van der Waals surface area contributed by atoms with E-state index in [1.807, 2.05) is 19.1 Å². The minimum atomic E-state index is -0.0192. The number of nitrogens with zero attached hydrogens (tertiary/aromatic N) is 1. The van der Waals surface area contributed by atoms with Gasteiger partial charge in [0.15, 0.2) is 5.78 Å². The summed E-state index contributed by atoms with van der Waals surface area (Å²) >= 11 is 0. The molecule has 0 amide bonds. The van der Waals surface area contributed by atoms with Gasteiger partial charge in [0.25, 0.3) is 0 Å². The molecule has 0 radical (unpaired) electrons. The molecular formula is C17H23NO3. The first-order valence-corrected chi connectivity index (χ1v) is 7.61. The molecule has 2 rings (SSSR count).